The van der Waals surface area contributed by atoms with Gasteiger partial charge in [-0.05, 0) is 25.0 Å². The van der Waals surface area contributed by atoms with Crippen LogP contribution in [0.1, 0.15) is 11.1 Å². The van der Waals surface area contributed by atoms with Gasteiger partial charge in [-0.25, -0.2) is 0 Å². The van der Waals surface area contributed by atoms with Crippen molar-refractivity contribution in [2.24, 2.45) is 5.73 Å². The number of nitrogens with two attached hydrogens (primary N) is 1. The molecule has 0 spiro atoms. The van der Waals surface area contributed by atoms with Crippen LogP contribution in [-0.2, 0) is 9.59 Å². The molecule has 1 atom stereocenters. The molecule has 4 N–H and O–H groups in total. The van der Waals surface area contributed by atoms with Gasteiger partial charge in [-0.3, -0.25) is 14.5 Å². The maximum Gasteiger partial charge on any atom is 0.238 e. The fourth-order valence-corrected chi connectivity index (χ4v) is 2.59. The van der Waals surface area contributed by atoms with Crippen molar-refractivity contribution in [1.82, 2.24) is 10.2 Å². The molecular formula is C15H22N4O2. The number of aryl methyl sites for hydroxylation is 2. The second-order valence-corrected chi connectivity index (χ2v) is 5.41. The highest BCUT2D eigenvalue weighted by atomic mass is 16.2. The van der Waals surface area contributed by atoms with Crippen molar-refractivity contribution in [2.75, 3.05) is 31.5 Å². The van der Waals surface area contributed by atoms with Crippen LogP contribution in [0, 0.1) is 13.8 Å². The van der Waals surface area contributed by atoms with Crippen molar-refractivity contribution in [3.63, 3.8) is 0 Å². The first-order valence-corrected chi connectivity index (χ1v) is 7.09. The molecule has 2 amide bonds. The number of carbonyl (C=O) groups is 2. The summed E-state index contributed by atoms with van der Waals surface area (Å²) in [6.07, 6.45) is 0. The Kier molecular flexibility index (Phi) is 4.93. The van der Waals surface area contributed by atoms with E-state index in [1.807, 2.05) is 36.9 Å². The number of anilines is 1. The first-order valence-electron chi connectivity index (χ1n) is 7.09. The molecule has 1 fully saturated rings. The van der Waals surface area contributed by atoms with Crippen LogP contribution >= 0.6 is 0 Å². The number of rotatable bonds is 4. The van der Waals surface area contributed by atoms with Gasteiger partial charge >= 0.3 is 0 Å². The van der Waals surface area contributed by atoms with Crippen LogP contribution in [0.25, 0.3) is 0 Å². The van der Waals surface area contributed by atoms with E-state index in [0.29, 0.717) is 13.1 Å². The lowest BCUT2D eigenvalue weighted by atomic mass is 10.1. The first kappa shape index (κ1) is 15.5. The highest BCUT2D eigenvalue weighted by Gasteiger charge is 2.28. The van der Waals surface area contributed by atoms with Gasteiger partial charge in [0.15, 0.2) is 0 Å². The Morgan fingerprint density at radius 3 is 2.67 bits per heavy atom. The Bertz CT molecular complexity index is 524. The van der Waals surface area contributed by atoms with Gasteiger partial charge in [-0.15, -0.1) is 0 Å². The quantitative estimate of drug-likeness (QED) is 0.728. The minimum atomic E-state index is -0.428. The minimum absolute atomic E-state index is 0.124. The fourth-order valence-electron chi connectivity index (χ4n) is 2.59. The smallest absolute Gasteiger partial charge is 0.238 e. The monoisotopic (exact) mass is 290 g/mol. The number of nitrogens with zero attached hydrogens (tertiary/aromatic N) is 1. The molecule has 0 bridgehead atoms. The zero-order chi connectivity index (χ0) is 15.4. The van der Waals surface area contributed by atoms with Crippen molar-refractivity contribution < 1.29 is 9.59 Å². The zero-order valence-electron chi connectivity index (χ0n) is 12.5. The number of piperazine rings is 1. The number of amides is 2. The van der Waals surface area contributed by atoms with Gasteiger partial charge in [0.1, 0.15) is 6.04 Å². The van der Waals surface area contributed by atoms with Crippen LogP contribution in [0.5, 0.6) is 0 Å². The molecule has 6 heteroatoms. The summed E-state index contributed by atoms with van der Waals surface area (Å²) in [4.78, 5) is 25.5. The molecule has 2 rings (SSSR count). The van der Waals surface area contributed by atoms with Gasteiger partial charge in [0, 0.05) is 25.3 Å². The summed E-state index contributed by atoms with van der Waals surface area (Å²) in [6.45, 7) is 5.96. The predicted octanol–water partition coefficient (Wildman–Crippen LogP) is 0.00104. The van der Waals surface area contributed by atoms with Crippen LogP contribution < -0.4 is 16.4 Å². The predicted molar refractivity (Wildman–Crippen MR) is 82.0 cm³/mol. The van der Waals surface area contributed by atoms with Gasteiger partial charge in [0.25, 0.3) is 0 Å². The number of para-hydroxylation sites is 1. The second kappa shape index (κ2) is 6.69. The van der Waals surface area contributed by atoms with Crippen LogP contribution in [0.4, 0.5) is 5.69 Å². The highest BCUT2D eigenvalue weighted by Crippen LogP contribution is 2.19. The molecule has 1 heterocycles. The molecule has 1 aliphatic heterocycles. The van der Waals surface area contributed by atoms with Crippen molar-refractivity contribution >= 4 is 17.5 Å². The highest BCUT2D eigenvalue weighted by molar-refractivity contribution is 5.94. The molecule has 1 aliphatic rings. The standard InChI is InChI=1S/C15H22N4O2/c1-10-4-3-5-11(2)14(10)18-13(20)9-19-7-6-17-8-12(19)15(16)21/h3-5,12,17H,6-9H2,1-2H3,(H2,16,21)(H,18,20). The maximum atomic E-state index is 12.2. The van der Waals surface area contributed by atoms with Gasteiger partial charge in [-0.1, -0.05) is 18.2 Å². The third-order valence-electron chi connectivity index (χ3n) is 3.77. The van der Waals surface area contributed by atoms with E-state index >= 15 is 0 Å². The minimum Gasteiger partial charge on any atom is -0.368 e. The number of primary amides is 1. The summed E-state index contributed by atoms with van der Waals surface area (Å²) in [5, 5.41) is 6.05. The van der Waals surface area contributed by atoms with Crippen molar-refractivity contribution in [2.45, 2.75) is 19.9 Å². The van der Waals surface area contributed by atoms with Gasteiger partial charge in [0.2, 0.25) is 11.8 Å². The third-order valence-corrected chi connectivity index (χ3v) is 3.77. The Balaban J connectivity index is 2.02. The maximum absolute atomic E-state index is 12.2. The van der Waals surface area contributed by atoms with E-state index in [0.717, 1.165) is 23.4 Å². The van der Waals surface area contributed by atoms with E-state index in [9.17, 15) is 9.59 Å². The van der Waals surface area contributed by atoms with Crippen molar-refractivity contribution in [1.29, 1.82) is 0 Å². The molecule has 1 aromatic carbocycles. The van der Waals surface area contributed by atoms with Crippen LogP contribution in [0.15, 0.2) is 18.2 Å². The average Bonchev–Trinajstić information content (AvgIpc) is 2.43. The SMILES string of the molecule is Cc1cccc(C)c1NC(=O)CN1CCNCC1C(N)=O. The third kappa shape index (κ3) is 3.80. The van der Waals surface area contributed by atoms with Gasteiger partial charge in [-0.2, -0.15) is 0 Å². The molecule has 6 nitrogen and oxygen atoms in total. The van der Waals surface area contributed by atoms with E-state index in [-0.39, 0.29) is 12.5 Å². The summed E-state index contributed by atoms with van der Waals surface area (Å²) in [5.41, 5.74) is 8.27. The lowest BCUT2D eigenvalue weighted by Gasteiger charge is -2.33. The zero-order valence-corrected chi connectivity index (χ0v) is 12.5. The number of hydrogen-bond acceptors (Lipinski definition) is 4. The molecule has 1 aromatic rings. The Labute approximate surface area is 124 Å². The summed E-state index contributed by atoms with van der Waals surface area (Å²) < 4.78 is 0. The Morgan fingerprint density at radius 2 is 2.05 bits per heavy atom. The van der Waals surface area contributed by atoms with E-state index in [1.165, 1.54) is 0 Å². The number of benzene rings is 1. The number of hydrogen-bond donors (Lipinski definition) is 3. The summed E-state index contributed by atoms with van der Waals surface area (Å²) in [5.74, 6) is -0.525. The largest absolute Gasteiger partial charge is 0.368 e. The van der Waals surface area contributed by atoms with E-state index in [1.54, 1.807) is 0 Å². The first-order chi connectivity index (χ1) is 9.99. The Morgan fingerprint density at radius 1 is 1.38 bits per heavy atom. The molecule has 114 valence electrons. The van der Waals surface area contributed by atoms with E-state index < -0.39 is 11.9 Å². The normalized spacial score (nSPS) is 19.2. The summed E-state index contributed by atoms with van der Waals surface area (Å²) in [6, 6.07) is 5.45. The lowest BCUT2D eigenvalue weighted by molar-refractivity contribution is -0.125. The van der Waals surface area contributed by atoms with E-state index in [2.05, 4.69) is 10.6 Å². The molecular weight excluding hydrogens is 268 g/mol. The average molecular weight is 290 g/mol. The van der Waals surface area contributed by atoms with Crippen molar-refractivity contribution in [3.05, 3.63) is 29.3 Å². The van der Waals surface area contributed by atoms with E-state index in [4.69, 9.17) is 5.73 Å². The van der Waals surface area contributed by atoms with Gasteiger partial charge in [0.05, 0.1) is 6.54 Å². The van der Waals surface area contributed by atoms with Crippen LogP contribution in [0.3, 0.4) is 0 Å². The molecule has 21 heavy (non-hydrogen) atoms. The number of carbonyl (C=O) groups excluding carboxylic acids is 2. The summed E-state index contributed by atoms with van der Waals surface area (Å²) in [7, 11) is 0. The molecule has 1 unspecified atom stereocenters. The Hall–Kier alpha value is -1.92. The van der Waals surface area contributed by atoms with Crippen molar-refractivity contribution in [3.8, 4) is 0 Å². The molecule has 0 aliphatic carbocycles. The topological polar surface area (TPSA) is 87.5 Å². The summed E-state index contributed by atoms with van der Waals surface area (Å²) >= 11 is 0. The van der Waals surface area contributed by atoms with Crippen LogP contribution in [0.2, 0.25) is 0 Å². The molecule has 1 saturated heterocycles. The number of nitrogens with one attached hydrogen (secondary N) is 2. The van der Waals surface area contributed by atoms with Crippen LogP contribution in [-0.4, -0.2) is 48.9 Å². The lowest BCUT2D eigenvalue weighted by Crippen LogP contribution is -2.58. The molecule has 0 radical (unpaired) electrons. The fraction of sp³-hybridized carbons (Fsp3) is 0.467. The molecule has 0 saturated carbocycles. The second-order valence-electron chi connectivity index (χ2n) is 5.41. The van der Waals surface area contributed by atoms with Gasteiger partial charge < -0.3 is 16.4 Å². The molecule has 0 aromatic heterocycles.